The zero-order chi connectivity index (χ0) is 10.5. The van der Waals surface area contributed by atoms with Crippen molar-refractivity contribution in [2.45, 2.75) is 57.4 Å². The Hall–Kier alpha value is -0.110. The van der Waals surface area contributed by atoms with Gasteiger partial charge in [0.15, 0.2) is 0 Å². The molecule has 0 aromatic heterocycles. The summed E-state index contributed by atoms with van der Waals surface area (Å²) in [6.07, 6.45) is 10.6. The highest BCUT2D eigenvalue weighted by atomic mass is 19.1. The quantitative estimate of drug-likeness (QED) is 0.668. The highest BCUT2D eigenvalue weighted by Crippen LogP contribution is 2.40. The highest BCUT2D eigenvalue weighted by molar-refractivity contribution is 4.91. The van der Waals surface area contributed by atoms with E-state index in [1.54, 1.807) is 0 Å². The maximum Gasteiger partial charge on any atom is 0.0906 e. The summed E-state index contributed by atoms with van der Waals surface area (Å²) in [4.78, 5) is 0. The van der Waals surface area contributed by atoms with Crippen LogP contribution in [0.4, 0.5) is 4.39 Å². The number of alkyl halides is 1. The minimum absolute atomic E-state index is 0.172. The molecule has 2 rings (SSSR count). The topological polar surface area (TPSA) is 12.0 Å². The van der Waals surface area contributed by atoms with Gasteiger partial charge in [-0.2, -0.15) is 0 Å². The third-order valence-corrected chi connectivity index (χ3v) is 3.98. The van der Waals surface area contributed by atoms with Gasteiger partial charge in [0.2, 0.25) is 0 Å². The van der Waals surface area contributed by atoms with Crippen molar-refractivity contribution in [3.05, 3.63) is 0 Å². The molecule has 88 valence electrons. The van der Waals surface area contributed by atoms with Crippen molar-refractivity contribution in [2.24, 2.45) is 11.8 Å². The Bertz CT molecular complexity index is 173. The average Bonchev–Trinajstić information content (AvgIpc) is 3.10. The summed E-state index contributed by atoms with van der Waals surface area (Å²) in [5.74, 6) is 1.82. The van der Waals surface area contributed by atoms with Crippen LogP contribution in [-0.4, -0.2) is 19.3 Å². The molecule has 0 saturated heterocycles. The Morgan fingerprint density at radius 2 is 1.67 bits per heavy atom. The molecule has 2 saturated carbocycles. The van der Waals surface area contributed by atoms with Gasteiger partial charge < -0.3 is 5.32 Å². The fourth-order valence-corrected chi connectivity index (χ4v) is 3.00. The molecule has 15 heavy (non-hydrogen) atoms. The Morgan fingerprint density at radius 1 is 1.00 bits per heavy atom. The number of rotatable bonds is 6. The lowest BCUT2D eigenvalue weighted by atomic mass is 9.82. The molecule has 1 N–H and O–H groups in total. The molecular weight excluding hydrogens is 189 g/mol. The molecular formula is C13H24FN. The molecule has 2 fully saturated rings. The van der Waals surface area contributed by atoms with Crippen LogP contribution < -0.4 is 5.32 Å². The van der Waals surface area contributed by atoms with Crippen molar-refractivity contribution in [3.8, 4) is 0 Å². The molecule has 0 heterocycles. The van der Waals surface area contributed by atoms with E-state index in [1.807, 2.05) is 0 Å². The molecule has 2 aliphatic rings. The van der Waals surface area contributed by atoms with Crippen LogP contribution in [0.15, 0.2) is 0 Å². The smallest absolute Gasteiger partial charge is 0.0906 e. The maximum atomic E-state index is 12.1. The molecule has 1 nitrogen and oxygen atoms in total. The molecule has 0 radical (unpaired) electrons. The summed E-state index contributed by atoms with van der Waals surface area (Å²) in [7, 11) is 0. The van der Waals surface area contributed by atoms with Crippen molar-refractivity contribution in [2.75, 3.05) is 13.2 Å². The summed E-state index contributed by atoms with van der Waals surface area (Å²) in [6.45, 7) is 0.712. The first kappa shape index (κ1) is 11.4. The number of nitrogens with one attached hydrogen (secondary N) is 1. The van der Waals surface area contributed by atoms with Gasteiger partial charge in [-0.05, 0) is 50.5 Å². The van der Waals surface area contributed by atoms with Crippen LogP contribution in [0.3, 0.4) is 0 Å². The largest absolute Gasteiger partial charge is 0.313 e. The molecule has 0 amide bonds. The molecule has 2 aliphatic carbocycles. The first-order valence-corrected chi connectivity index (χ1v) is 6.71. The van der Waals surface area contributed by atoms with Gasteiger partial charge >= 0.3 is 0 Å². The van der Waals surface area contributed by atoms with Gasteiger partial charge in [0.05, 0.1) is 6.67 Å². The van der Waals surface area contributed by atoms with Crippen LogP contribution in [0, 0.1) is 11.8 Å². The van der Waals surface area contributed by atoms with Gasteiger partial charge in [-0.1, -0.05) is 19.3 Å². The SMILES string of the molecule is FCCCNC(C1CCCCC1)C1CC1. The molecule has 0 aromatic rings. The van der Waals surface area contributed by atoms with Crippen molar-refractivity contribution < 1.29 is 4.39 Å². The van der Waals surface area contributed by atoms with Crippen LogP contribution in [0.2, 0.25) is 0 Å². The third-order valence-electron chi connectivity index (χ3n) is 3.98. The van der Waals surface area contributed by atoms with Crippen molar-refractivity contribution in [1.29, 1.82) is 0 Å². The summed E-state index contributed by atoms with van der Waals surface area (Å²) in [5.41, 5.74) is 0. The Kier molecular flexibility index (Phi) is 4.42. The normalized spacial score (nSPS) is 25.4. The van der Waals surface area contributed by atoms with E-state index in [0.717, 1.165) is 24.4 Å². The molecule has 0 aromatic carbocycles. The molecule has 1 atom stereocenters. The molecule has 0 spiro atoms. The minimum Gasteiger partial charge on any atom is -0.313 e. The van der Waals surface area contributed by atoms with E-state index < -0.39 is 0 Å². The van der Waals surface area contributed by atoms with Crippen molar-refractivity contribution in [3.63, 3.8) is 0 Å². The molecule has 0 bridgehead atoms. The molecule has 2 heteroatoms. The Morgan fingerprint density at radius 3 is 2.27 bits per heavy atom. The average molecular weight is 213 g/mol. The Labute approximate surface area is 92.8 Å². The second-order valence-corrected chi connectivity index (χ2v) is 5.26. The summed E-state index contributed by atoms with van der Waals surface area (Å²) < 4.78 is 12.1. The van der Waals surface area contributed by atoms with Gasteiger partial charge in [-0.15, -0.1) is 0 Å². The van der Waals surface area contributed by atoms with Gasteiger partial charge in [-0.25, -0.2) is 0 Å². The second kappa shape index (κ2) is 5.83. The van der Waals surface area contributed by atoms with Crippen LogP contribution in [-0.2, 0) is 0 Å². The first-order chi connectivity index (χ1) is 7.42. The van der Waals surface area contributed by atoms with E-state index in [2.05, 4.69) is 5.32 Å². The predicted molar refractivity (Wildman–Crippen MR) is 61.7 cm³/mol. The standard InChI is InChI=1S/C13H24FN/c14-9-4-10-15-13(12-7-8-12)11-5-2-1-3-6-11/h11-13,15H,1-10H2. The lowest BCUT2D eigenvalue weighted by molar-refractivity contribution is 0.245. The Balaban J connectivity index is 1.76. The van der Waals surface area contributed by atoms with E-state index in [9.17, 15) is 4.39 Å². The fourth-order valence-electron chi connectivity index (χ4n) is 3.00. The summed E-state index contributed by atoms with van der Waals surface area (Å²) >= 11 is 0. The molecule has 1 unspecified atom stereocenters. The second-order valence-electron chi connectivity index (χ2n) is 5.26. The van der Waals surface area contributed by atoms with E-state index in [0.29, 0.717) is 6.42 Å². The zero-order valence-electron chi connectivity index (χ0n) is 9.68. The maximum absolute atomic E-state index is 12.1. The highest BCUT2D eigenvalue weighted by Gasteiger charge is 2.36. The van der Waals surface area contributed by atoms with Crippen LogP contribution in [0.1, 0.15) is 51.4 Å². The van der Waals surface area contributed by atoms with Crippen LogP contribution in [0.25, 0.3) is 0 Å². The van der Waals surface area contributed by atoms with Gasteiger partial charge in [-0.3, -0.25) is 4.39 Å². The number of halogens is 1. The van der Waals surface area contributed by atoms with Crippen LogP contribution >= 0.6 is 0 Å². The lowest BCUT2D eigenvalue weighted by Gasteiger charge is -2.31. The third kappa shape index (κ3) is 3.44. The number of hydrogen-bond acceptors (Lipinski definition) is 1. The van der Waals surface area contributed by atoms with Gasteiger partial charge in [0.1, 0.15) is 0 Å². The van der Waals surface area contributed by atoms with E-state index in [4.69, 9.17) is 0 Å². The first-order valence-electron chi connectivity index (χ1n) is 6.71. The van der Waals surface area contributed by atoms with Gasteiger partial charge in [0.25, 0.3) is 0 Å². The van der Waals surface area contributed by atoms with E-state index in [1.165, 1.54) is 44.9 Å². The zero-order valence-corrected chi connectivity index (χ0v) is 9.68. The fraction of sp³-hybridized carbons (Fsp3) is 1.00. The van der Waals surface area contributed by atoms with Crippen molar-refractivity contribution >= 4 is 0 Å². The van der Waals surface area contributed by atoms with Crippen molar-refractivity contribution in [1.82, 2.24) is 5.32 Å². The molecule has 0 aliphatic heterocycles. The minimum atomic E-state index is -0.172. The summed E-state index contributed by atoms with van der Waals surface area (Å²) in [6, 6.07) is 0.719. The monoisotopic (exact) mass is 213 g/mol. The van der Waals surface area contributed by atoms with Gasteiger partial charge in [0, 0.05) is 6.04 Å². The number of hydrogen-bond donors (Lipinski definition) is 1. The predicted octanol–water partition coefficient (Wildman–Crippen LogP) is 3.29. The van der Waals surface area contributed by atoms with Crippen LogP contribution in [0.5, 0.6) is 0 Å². The van der Waals surface area contributed by atoms with E-state index in [-0.39, 0.29) is 6.67 Å². The summed E-state index contributed by atoms with van der Waals surface area (Å²) in [5, 5.41) is 3.61. The lowest BCUT2D eigenvalue weighted by Crippen LogP contribution is -2.39. The van der Waals surface area contributed by atoms with E-state index >= 15 is 0 Å².